The number of rotatable bonds is 9. The van der Waals surface area contributed by atoms with Crippen molar-refractivity contribution in [1.82, 2.24) is 15.3 Å². The van der Waals surface area contributed by atoms with E-state index in [1.165, 1.54) is 37.7 Å². The van der Waals surface area contributed by atoms with E-state index in [2.05, 4.69) is 42.9 Å². The van der Waals surface area contributed by atoms with Gasteiger partial charge in [0.15, 0.2) is 0 Å². The fraction of sp³-hybridized carbons (Fsp3) is 0.765. The second kappa shape index (κ2) is 7.74. The Bertz CT molecular complexity index is 440. The first kappa shape index (κ1) is 16.2. The van der Waals surface area contributed by atoms with Gasteiger partial charge in [0.1, 0.15) is 0 Å². The lowest BCUT2D eigenvalue weighted by Gasteiger charge is -2.27. The number of aromatic nitrogens is 2. The van der Waals surface area contributed by atoms with E-state index in [0.29, 0.717) is 6.04 Å². The highest BCUT2D eigenvalue weighted by Gasteiger charge is 2.21. The number of aryl methyl sites for hydroxylation is 1. The summed E-state index contributed by atoms with van der Waals surface area (Å²) in [5, 5.41) is 3.53. The van der Waals surface area contributed by atoms with Crippen LogP contribution in [-0.2, 0) is 6.54 Å². The van der Waals surface area contributed by atoms with Crippen LogP contribution in [0.25, 0.3) is 0 Å². The molecule has 0 spiro atoms. The minimum Gasteiger partial charge on any atom is -0.338 e. The molecule has 0 aliphatic heterocycles. The van der Waals surface area contributed by atoms with Crippen LogP contribution in [0.15, 0.2) is 6.20 Å². The van der Waals surface area contributed by atoms with Crippen LogP contribution in [0, 0.1) is 6.92 Å². The van der Waals surface area contributed by atoms with E-state index >= 15 is 0 Å². The van der Waals surface area contributed by atoms with Gasteiger partial charge in [0, 0.05) is 42.6 Å². The maximum atomic E-state index is 4.75. The lowest BCUT2D eigenvalue weighted by Crippen LogP contribution is -2.33. The summed E-state index contributed by atoms with van der Waals surface area (Å²) in [6, 6.07) is 1.17. The van der Waals surface area contributed by atoms with Crippen molar-refractivity contribution in [1.29, 1.82) is 0 Å². The summed E-state index contributed by atoms with van der Waals surface area (Å²) in [7, 11) is 0. The van der Waals surface area contributed by atoms with Crippen molar-refractivity contribution >= 4 is 5.95 Å². The first-order valence-corrected chi connectivity index (χ1v) is 8.44. The van der Waals surface area contributed by atoms with E-state index in [4.69, 9.17) is 4.98 Å². The highest BCUT2D eigenvalue weighted by atomic mass is 15.3. The van der Waals surface area contributed by atoms with Crippen molar-refractivity contribution in [2.45, 2.75) is 78.4 Å². The lowest BCUT2D eigenvalue weighted by molar-refractivity contribution is 0.609. The zero-order valence-corrected chi connectivity index (χ0v) is 14.0. The van der Waals surface area contributed by atoms with Gasteiger partial charge in [-0.15, -0.1) is 0 Å². The topological polar surface area (TPSA) is 41.1 Å². The summed E-state index contributed by atoms with van der Waals surface area (Å²) in [6.07, 6.45) is 8.36. The Labute approximate surface area is 129 Å². The molecule has 1 saturated carbocycles. The lowest BCUT2D eigenvalue weighted by atomic mass is 10.2. The summed E-state index contributed by atoms with van der Waals surface area (Å²) in [6.45, 7) is 10.7. The second-order valence-corrected chi connectivity index (χ2v) is 6.43. The molecule has 1 heterocycles. The van der Waals surface area contributed by atoms with Gasteiger partial charge < -0.3 is 10.2 Å². The molecule has 4 heteroatoms. The molecule has 118 valence electrons. The van der Waals surface area contributed by atoms with Crippen molar-refractivity contribution in [2.24, 2.45) is 0 Å². The molecule has 4 nitrogen and oxygen atoms in total. The summed E-state index contributed by atoms with van der Waals surface area (Å²) < 4.78 is 0. The fourth-order valence-corrected chi connectivity index (χ4v) is 2.45. The normalized spacial score (nSPS) is 14.7. The van der Waals surface area contributed by atoms with Gasteiger partial charge >= 0.3 is 0 Å². The smallest absolute Gasteiger partial charge is 0.225 e. The van der Waals surface area contributed by atoms with E-state index in [1.807, 2.05) is 6.20 Å². The number of unbranched alkanes of at least 4 members (excludes halogenated alkanes) is 2. The fourth-order valence-electron chi connectivity index (χ4n) is 2.45. The van der Waals surface area contributed by atoms with Gasteiger partial charge in [0.2, 0.25) is 5.95 Å². The SMILES string of the molecule is CCCCCN(c1ncc(CNC2CC2)c(C)n1)C(C)C. The molecule has 2 rings (SSSR count). The van der Waals surface area contributed by atoms with Gasteiger partial charge in [-0.3, -0.25) is 0 Å². The van der Waals surface area contributed by atoms with Crippen LogP contribution < -0.4 is 10.2 Å². The van der Waals surface area contributed by atoms with Crippen LogP contribution in [0.5, 0.6) is 0 Å². The maximum absolute atomic E-state index is 4.75. The van der Waals surface area contributed by atoms with Gasteiger partial charge in [-0.25, -0.2) is 9.97 Å². The van der Waals surface area contributed by atoms with Crippen molar-refractivity contribution in [3.8, 4) is 0 Å². The molecule has 0 amide bonds. The predicted molar refractivity (Wildman–Crippen MR) is 88.6 cm³/mol. The van der Waals surface area contributed by atoms with E-state index in [0.717, 1.165) is 30.8 Å². The summed E-state index contributed by atoms with van der Waals surface area (Å²) in [4.78, 5) is 11.7. The molecule has 21 heavy (non-hydrogen) atoms. The van der Waals surface area contributed by atoms with Crippen LogP contribution in [-0.4, -0.2) is 28.6 Å². The third kappa shape index (κ3) is 4.95. The number of nitrogens with one attached hydrogen (secondary N) is 1. The Morgan fingerprint density at radius 3 is 2.67 bits per heavy atom. The molecule has 0 radical (unpaired) electrons. The van der Waals surface area contributed by atoms with Gasteiger partial charge in [0.25, 0.3) is 0 Å². The van der Waals surface area contributed by atoms with Crippen LogP contribution in [0.4, 0.5) is 5.95 Å². The first-order chi connectivity index (χ1) is 10.1. The van der Waals surface area contributed by atoms with Crippen molar-refractivity contribution in [3.05, 3.63) is 17.5 Å². The summed E-state index contributed by atoms with van der Waals surface area (Å²) in [5.41, 5.74) is 2.33. The van der Waals surface area contributed by atoms with Gasteiger partial charge in [-0.2, -0.15) is 0 Å². The van der Waals surface area contributed by atoms with Crippen molar-refractivity contribution in [3.63, 3.8) is 0 Å². The Hall–Kier alpha value is -1.16. The van der Waals surface area contributed by atoms with E-state index in [1.54, 1.807) is 0 Å². The Morgan fingerprint density at radius 2 is 2.10 bits per heavy atom. The summed E-state index contributed by atoms with van der Waals surface area (Å²) >= 11 is 0. The molecule has 0 saturated heterocycles. The predicted octanol–water partition coefficient (Wildman–Crippen LogP) is 3.44. The maximum Gasteiger partial charge on any atom is 0.225 e. The Balaban J connectivity index is 2.00. The van der Waals surface area contributed by atoms with E-state index < -0.39 is 0 Å². The molecule has 1 fully saturated rings. The zero-order chi connectivity index (χ0) is 15.2. The summed E-state index contributed by atoms with van der Waals surface area (Å²) in [5.74, 6) is 0.883. The van der Waals surface area contributed by atoms with Gasteiger partial charge in [-0.1, -0.05) is 19.8 Å². The minimum absolute atomic E-state index is 0.441. The molecular formula is C17H30N4. The molecule has 1 N–H and O–H groups in total. The molecule has 0 atom stereocenters. The Morgan fingerprint density at radius 1 is 1.33 bits per heavy atom. The minimum atomic E-state index is 0.441. The van der Waals surface area contributed by atoms with Crippen molar-refractivity contribution < 1.29 is 0 Å². The van der Waals surface area contributed by atoms with Crippen LogP contribution in [0.3, 0.4) is 0 Å². The molecule has 0 unspecified atom stereocenters. The van der Waals surface area contributed by atoms with Crippen LogP contribution in [0.2, 0.25) is 0 Å². The average molecular weight is 290 g/mol. The second-order valence-electron chi connectivity index (χ2n) is 6.43. The highest BCUT2D eigenvalue weighted by molar-refractivity contribution is 5.34. The van der Waals surface area contributed by atoms with Gasteiger partial charge in [0.05, 0.1) is 0 Å². The quantitative estimate of drug-likeness (QED) is 0.707. The third-order valence-electron chi connectivity index (χ3n) is 4.11. The van der Waals surface area contributed by atoms with E-state index in [-0.39, 0.29) is 0 Å². The van der Waals surface area contributed by atoms with Crippen molar-refractivity contribution in [2.75, 3.05) is 11.4 Å². The zero-order valence-electron chi connectivity index (χ0n) is 14.0. The largest absolute Gasteiger partial charge is 0.338 e. The van der Waals surface area contributed by atoms with E-state index in [9.17, 15) is 0 Å². The molecule has 0 aromatic carbocycles. The molecule has 1 aliphatic carbocycles. The first-order valence-electron chi connectivity index (χ1n) is 8.44. The Kier molecular flexibility index (Phi) is 5.97. The number of hydrogen-bond acceptors (Lipinski definition) is 4. The number of hydrogen-bond donors (Lipinski definition) is 1. The third-order valence-corrected chi connectivity index (χ3v) is 4.11. The highest BCUT2D eigenvalue weighted by Crippen LogP contribution is 2.20. The average Bonchev–Trinajstić information content (AvgIpc) is 3.26. The molecule has 1 aromatic heterocycles. The monoisotopic (exact) mass is 290 g/mol. The van der Waals surface area contributed by atoms with Crippen LogP contribution in [0.1, 0.15) is 64.1 Å². The van der Waals surface area contributed by atoms with Crippen LogP contribution >= 0.6 is 0 Å². The molecule has 0 bridgehead atoms. The number of anilines is 1. The number of nitrogens with zero attached hydrogens (tertiary/aromatic N) is 3. The molecule has 1 aliphatic rings. The molecule has 1 aromatic rings. The van der Waals surface area contributed by atoms with Gasteiger partial charge in [-0.05, 0) is 40.0 Å². The standard InChI is InChI=1S/C17H30N4/c1-5-6-7-10-21(13(2)3)17-19-12-15(14(4)20-17)11-18-16-8-9-16/h12-13,16,18H,5-11H2,1-4H3. The molecular weight excluding hydrogens is 260 g/mol.